The summed E-state index contributed by atoms with van der Waals surface area (Å²) in [5.41, 5.74) is 4.93. The first-order chi connectivity index (χ1) is 15.6. The zero-order valence-electron chi connectivity index (χ0n) is 17.3. The van der Waals surface area contributed by atoms with Crippen molar-refractivity contribution >= 4 is 57.2 Å². The molecule has 1 aromatic heterocycles. The third-order valence-corrected chi connectivity index (χ3v) is 6.54. The lowest BCUT2D eigenvalue weighted by Crippen LogP contribution is -2.28. The smallest absolute Gasteiger partial charge is 0.243 e. The number of amides is 1. The minimum absolute atomic E-state index is 0.00200. The van der Waals surface area contributed by atoms with E-state index < -0.39 is 0 Å². The van der Waals surface area contributed by atoms with Gasteiger partial charge in [-0.2, -0.15) is 5.10 Å². The number of fused-ring (bicyclic) bond motifs is 1. The first-order valence-corrected chi connectivity index (χ1v) is 11.4. The number of aromatic nitrogens is 1. The highest BCUT2D eigenvalue weighted by molar-refractivity contribution is 8.15. The predicted molar refractivity (Wildman–Crippen MR) is 135 cm³/mol. The Morgan fingerprint density at radius 3 is 2.47 bits per heavy atom. The van der Waals surface area contributed by atoms with Crippen LogP contribution in [0.1, 0.15) is 5.56 Å². The van der Waals surface area contributed by atoms with Gasteiger partial charge in [-0.05, 0) is 35.9 Å². The topological polar surface area (TPSA) is 50.0 Å². The van der Waals surface area contributed by atoms with Gasteiger partial charge in [-0.25, -0.2) is 0 Å². The van der Waals surface area contributed by atoms with Crippen LogP contribution in [0.15, 0.2) is 89.1 Å². The van der Waals surface area contributed by atoms with Gasteiger partial charge in [0.1, 0.15) is 0 Å². The van der Waals surface area contributed by atoms with Crippen LogP contribution in [0.5, 0.6) is 0 Å². The number of nitrogens with zero attached hydrogens (tertiary/aromatic N) is 4. The van der Waals surface area contributed by atoms with Crippen molar-refractivity contribution in [2.75, 3.05) is 10.7 Å². The molecule has 0 radical (unpaired) electrons. The Hall–Kier alpha value is -3.35. The first-order valence-electron chi connectivity index (χ1n) is 10.1. The number of hydrogen-bond acceptors (Lipinski definition) is 4. The number of carbonyl (C=O) groups excluding carboxylic acids is 1. The van der Waals surface area contributed by atoms with E-state index in [2.05, 4.69) is 26.9 Å². The summed E-state index contributed by atoms with van der Waals surface area (Å²) >= 11 is 7.50. The molecular weight excluding hydrogens is 440 g/mol. The number of benzene rings is 3. The van der Waals surface area contributed by atoms with Crippen LogP contribution in [0.2, 0.25) is 5.02 Å². The van der Waals surface area contributed by atoms with Crippen molar-refractivity contribution in [3.8, 4) is 11.3 Å². The maximum Gasteiger partial charge on any atom is 0.243 e. The Kier molecular flexibility index (Phi) is 5.55. The molecule has 3 aromatic carbocycles. The van der Waals surface area contributed by atoms with E-state index in [-0.39, 0.29) is 5.91 Å². The molecule has 5 rings (SSSR count). The van der Waals surface area contributed by atoms with E-state index >= 15 is 0 Å². The Labute approximate surface area is 195 Å². The third kappa shape index (κ3) is 3.72. The van der Waals surface area contributed by atoms with Crippen LogP contribution in [0, 0.1) is 0 Å². The second-order valence-corrected chi connectivity index (χ2v) is 8.70. The summed E-state index contributed by atoms with van der Waals surface area (Å²) in [5.74, 6) is 0.357. The number of amidine groups is 1. The van der Waals surface area contributed by atoms with Crippen LogP contribution in [0.25, 0.3) is 22.2 Å². The number of anilines is 1. The van der Waals surface area contributed by atoms with Crippen molar-refractivity contribution in [3.05, 3.63) is 89.4 Å². The summed E-state index contributed by atoms with van der Waals surface area (Å²) in [6.45, 7) is 0. The second kappa shape index (κ2) is 8.65. The van der Waals surface area contributed by atoms with Gasteiger partial charge in [0.2, 0.25) is 5.91 Å². The molecule has 32 heavy (non-hydrogen) atoms. The molecule has 1 saturated heterocycles. The van der Waals surface area contributed by atoms with Crippen molar-refractivity contribution in [2.24, 2.45) is 17.3 Å². The SMILES string of the molecule is Cn1c(-c2ccc(Cl)cc2)c(/C=N/N=C2/SCC(=O)N2c2ccccc2)c2ccccc21. The van der Waals surface area contributed by atoms with Crippen LogP contribution < -0.4 is 4.90 Å². The van der Waals surface area contributed by atoms with Gasteiger partial charge in [0, 0.05) is 28.5 Å². The average molecular weight is 459 g/mol. The average Bonchev–Trinajstić information content (AvgIpc) is 3.32. The van der Waals surface area contributed by atoms with E-state index in [1.807, 2.05) is 73.8 Å². The number of para-hydroxylation sites is 2. The molecular formula is C25H19ClN4OS. The highest BCUT2D eigenvalue weighted by Crippen LogP contribution is 2.33. The highest BCUT2D eigenvalue weighted by Gasteiger charge is 2.29. The van der Waals surface area contributed by atoms with E-state index in [1.165, 1.54) is 11.8 Å². The summed E-state index contributed by atoms with van der Waals surface area (Å²) in [6, 6.07) is 25.5. The zero-order chi connectivity index (χ0) is 22.1. The van der Waals surface area contributed by atoms with E-state index in [0.29, 0.717) is 15.9 Å². The number of aryl methyl sites for hydroxylation is 1. The van der Waals surface area contributed by atoms with Crippen molar-refractivity contribution in [2.45, 2.75) is 0 Å². The van der Waals surface area contributed by atoms with E-state index in [1.54, 1.807) is 11.1 Å². The fourth-order valence-electron chi connectivity index (χ4n) is 3.91. The molecule has 0 spiro atoms. The van der Waals surface area contributed by atoms with Gasteiger partial charge in [0.05, 0.1) is 23.3 Å². The van der Waals surface area contributed by atoms with E-state index in [4.69, 9.17) is 11.6 Å². The number of halogens is 1. The molecule has 0 atom stereocenters. The van der Waals surface area contributed by atoms with Crippen LogP contribution in [0.3, 0.4) is 0 Å². The van der Waals surface area contributed by atoms with Crippen molar-refractivity contribution in [1.82, 2.24) is 4.57 Å². The second-order valence-electron chi connectivity index (χ2n) is 7.33. The lowest BCUT2D eigenvalue weighted by atomic mass is 10.1. The Morgan fingerprint density at radius 2 is 1.69 bits per heavy atom. The van der Waals surface area contributed by atoms with Gasteiger partial charge in [-0.1, -0.05) is 71.9 Å². The van der Waals surface area contributed by atoms with Crippen molar-refractivity contribution < 1.29 is 4.79 Å². The molecule has 1 aliphatic heterocycles. The first kappa shape index (κ1) is 20.5. The summed E-state index contributed by atoms with van der Waals surface area (Å²) < 4.78 is 2.15. The Bertz CT molecular complexity index is 1360. The lowest BCUT2D eigenvalue weighted by Gasteiger charge is -2.14. The lowest BCUT2D eigenvalue weighted by molar-refractivity contribution is -0.115. The summed E-state index contributed by atoms with van der Waals surface area (Å²) in [5, 5.41) is 11.2. The van der Waals surface area contributed by atoms with Gasteiger partial charge in [-0.3, -0.25) is 9.69 Å². The van der Waals surface area contributed by atoms with Crippen LogP contribution >= 0.6 is 23.4 Å². The maximum atomic E-state index is 12.4. The summed E-state index contributed by atoms with van der Waals surface area (Å²) in [4.78, 5) is 14.0. The molecule has 2 heterocycles. The number of carbonyl (C=O) groups is 1. The molecule has 0 aliphatic carbocycles. The molecule has 1 amide bonds. The van der Waals surface area contributed by atoms with Gasteiger partial charge >= 0.3 is 0 Å². The zero-order valence-corrected chi connectivity index (χ0v) is 18.8. The normalized spacial score (nSPS) is 15.5. The molecule has 4 aromatic rings. The standard InChI is InChI=1S/C25H19ClN4OS/c1-29-22-10-6-5-9-20(22)21(24(29)17-11-13-18(26)14-12-17)15-27-28-25-30(23(31)16-32-25)19-7-3-2-4-8-19/h2-15H,16H2,1H3/b27-15+,28-25+. The van der Waals surface area contributed by atoms with Crippen molar-refractivity contribution in [3.63, 3.8) is 0 Å². The minimum Gasteiger partial charge on any atom is -0.343 e. The largest absolute Gasteiger partial charge is 0.343 e. The van der Waals surface area contributed by atoms with Crippen LogP contribution in [-0.2, 0) is 11.8 Å². The molecule has 1 aliphatic rings. The van der Waals surface area contributed by atoms with E-state index in [0.717, 1.165) is 33.4 Å². The molecule has 0 bridgehead atoms. The molecule has 7 heteroatoms. The van der Waals surface area contributed by atoms with Crippen molar-refractivity contribution in [1.29, 1.82) is 0 Å². The van der Waals surface area contributed by atoms with Gasteiger partial charge < -0.3 is 4.57 Å². The molecule has 5 nitrogen and oxygen atoms in total. The summed E-state index contributed by atoms with van der Waals surface area (Å²) in [7, 11) is 2.04. The summed E-state index contributed by atoms with van der Waals surface area (Å²) in [6.07, 6.45) is 1.77. The van der Waals surface area contributed by atoms with Gasteiger partial charge in [0.15, 0.2) is 5.17 Å². The molecule has 158 valence electrons. The van der Waals surface area contributed by atoms with Gasteiger partial charge in [-0.15, -0.1) is 5.10 Å². The maximum absolute atomic E-state index is 12.4. The monoisotopic (exact) mass is 458 g/mol. The quantitative estimate of drug-likeness (QED) is 0.279. The van der Waals surface area contributed by atoms with Gasteiger partial charge in [0.25, 0.3) is 0 Å². The van der Waals surface area contributed by atoms with Crippen LogP contribution in [-0.4, -0.2) is 27.6 Å². The minimum atomic E-state index is 0.00200. The third-order valence-electron chi connectivity index (χ3n) is 5.37. The molecule has 0 unspecified atom stereocenters. The highest BCUT2D eigenvalue weighted by atomic mass is 35.5. The molecule has 1 fully saturated rings. The molecule has 0 saturated carbocycles. The Morgan fingerprint density at radius 1 is 0.969 bits per heavy atom. The predicted octanol–water partition coefficient (Wildman–Crippen LogP) is 5.97. The Balaban J connectivity index is 1.57. The van der Waals surface area contributed by atoms with Crippen LogP contribution in [0.4, 0.5) is 5.69 Å². The number of thioether (sulfide) groups is 1. The van der Waals surface area contributed by atoms with E-state index in [9.17, 15) is 4.79 Å². The fourth-order valence-corrected chi connectivity index (χ4v) is 4.86. The fraction of sp³-hybridized carbons (Fsp3) is 0.0800. The number of hydrogen-bond donors (Lipinski definition) is 0. The number of rotatable bonds is 4. The molecule has 0 N–H and O–H groups in total.